The molecule has 0 unspecified atom stereocenters. The van der Waals surface area contributed by atoms with E-state index in [0.29, 0.717) is 11.7 Å². The third-order valence-electron chi connectivity index (χ3n) is 15.6. The van der Waals surface area contributed by atoms with Crippen LogP contribution in [0.1, 0.15) is 135 Å². The Morgan fingerprint density at radius 2 is 1.16 bits per heavy atom. The predicted octanol–water partition coefficient (Wildman–Crippen LogP) is 18.2. The molecule has 2 heterocycles. The van der Waals surface area contributed by atoms with E-state index in [1.165, 1.54) is 47.9 Å². The molecule has 0 spiro atoms. The first-order chi connectivity index (χ1) is 34.7. The SMILES string of the molecule is CC(C)(C)c1cc(-c2cc(-c3cccc(C(C)(C)c4ccccc4)c3)ccn2)[c-]c(-c2cccc3c2nc(-c2cc(C(C)(C)C)cc(C(C)(C)C)c2O)n3-c2ccc(CC3CCCC3)cc2-c2ccccc2)c1.[Pt]. The van der Waals surface area contributed by atoms with Gasteiger partial charge in [-0.25, -0.2) is 4.98 Å². The molecule has 5 heteroatoms. The van der Waals surface area contributed by atoms with Crippen molar-refractivity contribution in [1.82, 2.24) is 14.5 Å². The Morgan fingerprint density at radius 1 is 0.541 bits per heavy atom. The number of aromatic nitrogens is 3. The molecule has 1 aliphatic rings. The molecule has 1 aliphatic carbocycles. The summed E-state index contributed by atoms with van der Waals surface area (Å²) in [6.07, 6.45) is 8.22. The molecule has 0 atom stereocenters. The van der Waals surface area contributed by atoms with Crippen molar-refractivity contribution in [3.8, 4) is 67.5 Å². The summed E-state index contributed by atoms with van der Waals surface area (Å²) in [6.45, 7) is 24.7. The molecule has 2 aromatic heterocycles. The number of nitrogens with zero attached hydrogens (tertiary/aromatic N) is 3. The largest absolute Gasteiger partial charge is 0.507 e. The fourth-order valence-electron chi connectivity index (χ4n) is 11.0. The molecular weight excluding hydrogens is 1080 g/mol. The third-order valence-corrected chi connectivity index (χ3v) is 15.6. The van der Waals surface area contributed by atoms with Crippen LogP contribution in [-0.4, -0.2) is 19.6 Å². The van der Waals surface area contributed by atoms with Gasteiger partial charge in [-0.15, -0.1) is 29.3 Å². The van der Waals surface area contributed by atoms with Crippen LogP contribution in [0.2, 0.25) is 0 Å². The fraction of sp³-hybridized carbons (Fsp3) is 0.304. The first kappa shape index (κ1) is 52.5. The monoisotopic (exact) mass is 1150 g/mol. The minimum Gasteiger partial charge on any atom is -0.507 e. The van der Waals surface area contributed by atoms with Crippen molar-refractivity contribution in [3.63, 3.8) is 0 Å². The van der Waals surface area contributed by atoms with Crippen LogP contribution in [-0.2, 0) is 49.1 Å². The van der Waals surface area contributed by atoms with Crippen molar-refractivity contribution in [2.24, 2.45) is 5.92 Å². The minimum absolute atomic E-state index is 0. The zero-order chi connectivity index (χ0) is 51.5. The Kier molecular flexibility index (Phi) is 14.5. The Bertz CT molecular complexity index is 3470. The first-order valence-corrected chi connectivity index (χ1v) is 26.5. The predicted molar refractivity (Wildman–Crippen MR) is 307 cm³/mol. The number of pyridine rings is 1. The van der Waals surface area contributed by atoms with E-state index in [9.17, 15) is 5.11 Å². The van der Waals surface area contributed by atoms with Gasteiger partial charge in [-0.3, -0.25) is 9.55 Å². The molecule has 0 amide bonds. The van der Waals surface area contributed by atoms with E-state index in [1.807, 2.05) is 6.20 Å². The van der Waals surface area contributed by atoms with E-state index in [2.05, 4.69) is 245 Å². The van der Waals surface area contributed by atoms with Crippen LogP contribution >= 0.6 is 0 Å². The van der Waals surface area contributed by atoms with Gasteiger partial charge >= 0.3 is 0 Å². The number of para-hydroxylation sites is 1. The molecule has 9 aromatic rings. The molecule has 0 aliphatic heterocycles. The van der Waals surface area contributed by atoms with Gasteiger partial charge in [0, 0.05) is 49.5 Å². The Hall–Kier alpha value is -6.35. The Balaban J connectivity index is 0.00000672. The number of phenolic OH excluding ortho intramolecular Hbond substituents is 1. The van der Waals surface area contributed by atoms with Crippen LogP contribution in [0.3, 0.4) is 0 Å². The Labute approximate surface area is 455 Å². The van der Waals surface area contributed by atoms with Crippen LogP contribution in [0.15, 0.2) is 164 Å². The van der Waals surface area contributed by atoms with Gasteiger partial charge < -0.3 is 5.11 Å². The molecule has 0 radical (unpaired) electrons. The number of aromatic hydroxyl groups is 1. The van der Waals surface area contributed by atoms with E-state index < -0.39 is 0 Å². The van der Waals surface area contributed by atoms with Crippen LogP contribution in [0, 0.1) is 12.0 Å². The topological polar surface area (TPSA) is 50.9 Å². The van der Waals surface area contributed by atoms with Crippen LogP contribution in [0.5, 0.6) is 5.75 Å². The average Bonchev–Trinajstić information content (AvgIpc) is 4.04. The van der Waals surface area contributed by atoms with E-state index in [0.717, 1.165) is 84.5 Å². The number of hydrogen-bond acceptors (Lipinski definition) is 3. The van der Waals surface area contributed by atoms with Crippen LogP contribution in [0.25, 0.3) is 72.7 Å². The maximum atomic E-state index is 12.7. The van der Waals surface area contributed by atoms with Gasteiger partial charge in [-0.05, 0) is 97.9 Å². The smallest absolute Gasteiger partial charge is 0.148 e. The van der Waals surface area contributed by atoms with Crippen molar-refractivity contribution in [2.45, 2.75) is 130 Å². The maximum absolute atomic E-state index is 12.7. The summed E-state index contributed by atoms with van der Waals surface area (Å²) >= 11 is 0. The first-order valence-electron chi connectivity index (χ1n) is 26.5. The summed E-state index contributed by atoms with van der Waals surface area (Å²) < 4.78 is 2.32. The average molecular weight is 1150 g/mol. The number of phenols is 1. The minimum atomic E-state index is -0.329. The number of hydrogen-bond donors (Lipinski definition) is 1. The van der Waals surface area contributed by atoms with Gasteiger partial charge in [-0.1, -0.05) is 228 Å². The molecule has 7 aromatic carbocycles. The summed E-state index contributed by atoms with van der Waals surface area (Å²) in [7, 11) is 0. The molecule has 0 bridgehead atoms. The molecule has 1 N–H and O–H groups in total. The summed E-state index contributed by atoms with van der Waals surface area (Å²) in [5, 5.41) is 12.7. The summed E-state index contributed by atoms with van der Waals surface area (Å²) in [5.74, 6) is 1.68. The third kappa shape index (κ3) is 10.5. The molecule has 4 nitrogen and oxygen atoms in total. The normalized spacial score (nSPS) is 13.6. The molecular formula is C69H72N3OPt-. The van der Waals surface area contributed by atoms with Crippen molar-refractivity contribution in [1.29, 1.82) is 0 Å². The summed E-state index contributed by atoms with van der Waals surface area (Å²) in [6, 6.07) is 61.2. The zero-order valence-corrected chi connectivity index (χ0v) is 47.6. The standard InChI is InChI=1S/C69H72N3O.Pt/c1-66(2,3)54-40-50(38-51(41-54)60-42-49(34-35-70-60)48-26-20-29-53(39-48)69(10,11)52-27-16-13-17-28-52)56-30-21-31-62-63(56)71-65(58-43-55(67(4,5)6)44-59(64(58)73)68(7,8)9)72(62)61-33-32-46(36-45-22-18-19-23-45)37-57(61)47-24-14-12-15-25-47;/h12-17,20-21,24-35,37,39-45,73H,18-19,22-23,36H2,1-11H3;/q-1;. The summed E-state index contributed by atoms with van der Waals surface area (Å²) in [4.78, 5) is 10.8. The molecule has 380 valence electrons. The maximum Gasteiger partial charge on any atom is 0.148 e. The molecule has 1 saturated carbocycles. The van der Waals surface area contributed by atoms with Crippen molar-refractivity contribution < 1.29 is 26.2 Å². The van der Waals surface area contributed by atoms with E-state index in [4.69, 9.17) is 9.97 Å². The van der Waals surface area contributed by atoms with Gasteiger partial charge in [0.2, 0.25) is 0 Å². The van der Waals surface area contributed by atoms with Gasteiger partial charge in [0.25, 0.3) is 0 Å². The van der Waals surface area contributed by atoms with Gasteiger partial charge in [0.05, 0.1) is 22.3 Å². The van der Waals surface area contributed by atoms with Crippen LogP contribution < -0.4 is 0 Å². The van der Waals surface area contributed by atoms with Gasteiger partial charge in [0.15, 0.2) is 0 Å². The fourth-order valence-corrected chi connectivity index (χ4v) is 11.0. The quantitative estimate of drug-likeness (QED) is 0.139. The van der Waals surface area contributed by atoms with Crippen molar-refractivity contribution in [2.75, 3.05) is 0 Å². The van der Waals surface area contributed by atoms with E-state index in [1.54, 1.807) is 0 Å². The molecule has 1 fully saturated rings. The molecule has 74 heavy (non-hydrogen) atoms. The number of benzene rings is 7. The van der Waals surface area contributed by atoms with Crippen molar-refractivity contribution in [3.05, 3.63) is 203 Å². The van der Waals surface area contributed by atoms with Gasteiger partial charge in [-0.2, -0.15) is 0 Å². The number of imidazole rings is 1. The van der Waals surface area contributed by atoms with E-state index in [-0.39, 0.29) is 48.5 Å². The zero-order valence-electron chi connectivity index (χ0n) is 45.3. The summed E-state index contributed by atoms with van der Waals surface area (Å²) in [5.41, 5.74) is 18.1. The van der Waals surface area contributed by atoms with Crippen LogP contribution in [0.4, 0.5) is 0 Å². The number of fused-ring (bicyclic) bond motifs is 1. The molecule has 0 saturated heterocycles. The van der Waals surface area contributed by atoms with E-state index >= 15 is 0 Å². The van der Waals surface area contributed by atoms with Gasteiger partial charge in [0.1, 0.15) is 11.6 Å². The molecule has 10 rings (SSSR count). The second-order valence-corrected chi connectivity index (χ2v) is 24.4. The second-order valence-electron chi connectivity index (χ2n) is 24.4. The Morgan fingerprint density at radius 3 is 1.85 bits per heavy atom. The van der Waals surface area contributed by atoms with Crippen molar-refractivity contribution >= 4 is 11.0 Å². The number of rotatable bonds is 10. The second kappa shape index (κ2) is 20.4.